The van der Waals surface area contributed by atoms with E-state index in [4.69, 9.17) is 11.6 Å². The molecule has 0 spiro atoms. The molecule has 0 saturated carbocycles. The van der Waals surface area contributed by atoms with Crippen molar-refractivity contribution in [3.05, 3.63) is 39.1 Å². The van der Waals surface area contributed by atoms with Gasteiger partial charge in [0.2, 0.25) is 0 Å². The first-order valence-electron chi connectivity index (χ1n) is 3.47. The molecule has 0 atom stereocenters. The number of hydrogen-bond donors (Lipinski definition) is 0. The van der Waals surface area contributed by atoms with Crippen LogP contribution in [0.4, 0.5) is 0 Å². The molecular formula is C9H5ClIN. The van der Waals surface area contributed by atoms with Gasteiger partial charge in [0, 0.05) is 20.2 Å². The zero-order valence-electron chi connectivity index (χ0n) is 6.09. The maximum atomic E-state index is 5.88. The van der Waals surface area contributed by atoms with Crippen LogP contribution in [0.25, 0.3) is 10.9 Å². The number of rotatable bonds is 0. The van der Waals surface area contributed by atoms with Gasteiger partial charge in [-0.2, -0.15) is 0 Å². The van der Waals surface area contributed by atoms with E-state index in [0.717, 1.165) is 19.5 Å². The number of hydrogen-bond acceptors (Lipinski definition) is 1. The fraction of sp³-hybridized carbons (Fsp3) is 0. The smallest absolute Gasteiger partial charge is 0.0727 e. The van der Waals surface area contributed by atoms with Gasteiger partial charge in [-0.25, -0.2) is 0 Å². The lowest BCUT2D eigenvalue weighted by Crippen LogP contribution is -1.80. The molecule has 1 aromatic carbocycles. The van der Waals surface area contributed by atoms with Crippen molar-refractivity contribution in [1.82, 2.24) is 4.98 Å². The van der Waals surface area contributed by atoms with Gasteiger partial charge in [0.05, 0.1) is 5.52 Å². The number of pyridine rings is 1. The summed E-state index contributed by atoms with van der Waals surface area (Å²) in [6, 6.07) is 7.78. The molecule has 0 aliphatic heterocycles. The summed E-state index contributed by atoms with van der Waals surface area (Å²) in [5.41, 5.74) is 0.953. The van der Waals surface area contributed by atoms with Gasteiger partial charge in [-0.3, -0.25) is 4.98 Å². The minimum absolute atomic E-state index is 0.741. The summed E-state index contributed by atoms with van der Waals surface area (Å²) in [5.74, 6) is 0. The second-order valence-corrected chi connectivity index (χ2v) is 4.06. The van der Waals surface area contributed by atoms with E-state index in [1.54, 1.807) is 6.20 Å². The molecule has 1 heterocycles. The summed E-state index contributed by atoms with van der Waals surface area (Å²) in [7, 11) is 0. The SMILES string of the molecule is Clc1cc(I)c2cccnc2c1. The number of halogens is 2. The van der Waals surface area contributed by atoms with Gasteiger partial charge in [0.1, 0.15) is 0 Å². The Morgan fingerprint density at radius 1 is 1.33 bits per heavy atom. The summed E-state index contributed by atoms with van der Waals surface area (Å²) >= 11 is 8.14. The molecule has 1 aromatic heterocycles. The first-order valence-corrected chi connectivity index (χ1v) is 4.93. The Bertz CT molecular complexity index is 428. The molecule has 0 saturated heterocycles. The lowest BCUT2D eigenvalue weighted by Gasteiger charge is -1.99. The Morgan fingerprint density at radius 2 is 2.17 bits per heavy atom. The molecule has 3 heteroatoms. The van der Waals surface area contributed by atoms with E-state index in [-0.39, 0.29) is 0 Å². The highest BCUT2D eigenvalue weighted by molar-refractivity contribution is 14.1. The third-order valence-electron chi connectivity index (χ3n) is 1.64. The molecule has 0 radical (unpaired) electrons. The van der Waals surface area contributed by atoms with Crippen molar-refractivity contribution >= 4 is 45.1 Å². The minimum Gasteiger partial charge on any atom is -0.256 e. The fourth-order valence-corrected chi connectivity index (χ4v) is 2.29. The molecule has 2 rings (SSSR count). The largest absolute Gasteiger partial charge is 0.256 e. The first-order chi connectivity index (χ1) is 5.77. The van der Waals surface area contributed by atoms with Crippen LogP contribution in [0.3, 0.4) is 0 Å². The lowest BCUT2D eigenvalue weighted by molar-refractivity contribution is 1.41. The molecule has 0 bridgehead atoms. The standard InChI is InChI=1S/C9H5ClIN/c10-6-4-8(11)7-2-1-3-12-9(7)5-6/h1-5H. The molecule has 2 aromatic rings. The molecule has 0 amide bonds. The predicted molar refractivity (Wildman–Crippen MR) is 59.5 cm³/mol. The highest BCUT2D eigenvalue weighted by Gasteiger charge is 1.99. The number of fused-ring (bicyclic) bond motifs is 1. The van der Waals surface area contributed by atoms with Crippen LogP contribution in [-0.4, -0.2) is 4.98 Å². The van der Waals surface area contributed by atoms with Crippen LogP contribution in [-0.2, 0) is 0 Å². The van der Waals surface area contributed by atoms with Crippen molar-refractivity contribution in [3.63, 3.8) is 0 Å². The lowest BCUT2D eigenvalue weighted by atomic mass is 10.2. The minimum atomic E-state index is 0.741. The quantitative estimate of drug-likeness (QED) is 0.677. The van der Waals surface area contributed by atoms with E-state index < -0.39 is 0 Å². The maximum absolute atomic E-state index is 5.88. The van der Waals surface area contributed by atoms with E-state index in [9.17, 15) is 0 Å². The zero-order chi connectivity index (χ0) is 8.55. The van der Waals surface area contributed by atoms with Crippen LogP contribution < -0.4 is 0 Å². The average Bonchev–Trinajstić information content (AvgIpc) is 2.04. The Balaban J connectivity index is 2.89. The average molecular weight is 290 g/mol. The van der Waals surface area contributed by atoms with Crippen molar-refractivity contribution in [1.29, 1.82) is 0 Å². The molecule has 0 fully saturated rings. The topological polar surface area (TPSA) is 12.9 Å². The van der Waals surface area contributed by atoms with Crippen LogP contribution >= 0.6 is 34.2 Å². The van der Waals surface area contributed by atoms with Gasteiger partial charge in [0.15, 0.2) is 0 Å². The molecule has 0 aliphatic rings. The second-order valence-electron chi connectivity index (χ2n) is 2.46. The monoisotopic (exact) mass is 289 g/mol. The van der Waals surface area contributed by atoms with Crippen molar-refractivity contribution in [2.45, 2.75) is 0 Å². The fourth-order valence-electron chi connectivity index (χ4n) is 1.11. The van der Waals surface area contributed by atoms with Crippen molar-refractivity contribution in [2.75, 3.05) is 0 Å². The maximum Gasteiger partial charge on any atom is 0.0727 e. The highest BCUT2D eigenvalue weighted by Crippen LogP contribution is 2.23. The van der Waals surface area contributed by atoms with Crippen LogP contribution in [0.5, 0.6) is 0 Å². The molecule has 0 N–H and O–H groups in total. The summed E-state index contributed by atoms with van der Waals surface area (Å²) in [4.78, 5) is 4.21. The van der Waals surface area contributed by atoms with E-state index in [0.29, 0.717) is 0 Å². The predicted octanol–water partition coefficient (Wildman–Crippen LogP) is 3.49. The third kappa shape index (κ3) is 1.41. The van der Waals surface area contributed by atoms with Gasteiger partial charge in [0.25, 0.3) is 0 Å². The van der Waals surface area contributed by atoms with Gasteiger partial charge >= 0.3 is 0 Å². The summed E-state index contributed by atoms with van der Waals surface area (Å²) < 4.78 is 1.14. The van der Waals surface area contributed by atoms with Gasteiger partial charge in [-0.1, -0.05) is 17.7 Å². The normalized spacial score (nSPS) is 10.5. The molecule has 0 aliphatic carbocycles. The van der Waals surface area contributed by atoms with Gasteiger partial charge in [-0.15, -0.1) is 0 Å². The van der Waals surface area contributed by atoms with Crippen LogP contribution in [0.2, 0.25) is 5.02 Å². The number of aromatic nitrogens is 1. The number of benzene rings is 1. The highest BCUT2D eigenvalue weighted by atomic mass is 127. The third-order valence-corrected chi connectivity index (χ3v) is 2.75. The van der Waals surface area contributed by atoms with Crippen molar-refractivity contribution in [3.8, 4) is 0 Å². The molecule has 60 valence electrons. The number of nitrogens with zero attached hydrogens (tertiary/aromatic N) is 1. The van der Waals surface area contributed by atoms with E-state index in [1.165, 1.54) is 0 Å². The summed E-state index contributed by atoms with van der Waals surface area (Å²) in [5, 5.41) is 1.90. The molecule has 12 heavy (non-hydrogen) atoms. The molecule has 1 nitrogen and oxygen atoms in total. The van der Waals surface area contributed by atoms with Crippen LogP contribution in [0.1, 0.15) is 0 Å². The van der Waals surface area contributed by atoms with Crippen molar-refractivity contribution < 1.29 is 0 Å². The zero-order valence-corrected chi connectivity index (χ0v) is 9.00. The van der Waals surface area contributed by atoms with Gasteiger partial charge < -0.3 is 0 Å². The van der Waals surface area contributed by atoms with E-state index in [1.807, 2.05) is 24.3 Å². The Morgan fingerprint density at radius 3 is 3.00 bits per heavy atom. The van der Waals surface area contributed by atoms with Crippen LogP contribution in [0.15, 0.2) is 30.5 Å². The summed E-state index contributed by atoms with van der Waals surface area (Å²) in [6.07, 6.45) is 1.77. The van der Waals surface area contributed by atoms with Gasteiger partial charge in [-0.05, 0) is 40.8 Å². The van der Waals surface area contributed by atoms with E-state index in [2.05, 4.69) is 27.6 Å². The summed E-state index contributed by atoms with van der Waals surface area (Å²) in [6.45, 7) is 0. The Hall–Kier alpha value is -0.350. The van der Waals surface area contributed by atoms with E-state index >= 15 is 0 Å². The van der Waals surface area contributed by atoms with Crippen molar-refractivity contribution in [2.24, 2.45) is 0 Å². The molecular weight excluding hydrogens is 284 g/mol. The molecule has 0 unspecified atom stereocenters. The van der Waals surface area contributed by atoms with Crippen LogP contribution in [0, 0.1) is 3.57 Å². The Kier molecular flexibility index (Phi) is 2.19. The Labute approximate surface area is 88.9 Å². The second kappa shape index (κ2) is 3.18. The first kappa shape index (κ1) is 8.26.